The van der Waals surface area contributed by atoms with Gasteiger partial charge in [-0.1, -0.05) is 20.8 Å². The summed E-state index contributed by atoms with van der Waals surface area (Å²) in [4.78, 5) is 50.0. The second kappa shape index (κ2) is 18.2. The van der Waals surface area contributed by atoms with Crippen LogP contribution in [0.2, 0.25) is 0 Å². The van der Waals surface area contributed by atoms with E-state index in [0.717, 1.165) is 11.3 Å². The van der Waals surface area contributed by atoms with Gasteiger partial charge in [-0.05, 0) is 41.9 Å². The Morgan fingerprint density at radius 1 is 1.00 bits per heavy atom. The first kappa shape index (κ1) is 36.5. The number of anilines is 3. The summed E-state index contributed by atoms with van der Waals surface area (Å²) in [5.41, 5.74) is 1.05. The first-order valence-corrected chi connectivity index (χ1v) is 14.7. The number of thiazole rings is 1. The molecule has 15 nitrogen and oxygen atoms in total. The topological polar surface area (TPSA) is 200 Å². The van der Waals surface area contributed by atoms with Gasteiger partial charge in [0, 0.05) is 12.6 Å². The molecule has 1 heterocycles. The number of hydrogen-bond donors (Lipinski definition) is 4. The molecule has 1 aromatic heterocycles. The quantitative estimate of drug-likeness (QED) is 0.0925. The molecule has 0 aliphatic carbocycles. The fourth-order valence-corrected chi connectivity index (χ4v) is 4.41. The summed E-state index contributed by atoms with van der Waals surface area (Å²) in [5, 5.41) is 28.3. The third kappa shape index (κ3) is 13.3. The summed E-state index contributed by atoms with van der Waals surface area (Å²) < 4.78 is 21.9. The number of rotatable bonds is 20. The average molecular weight is 640 g/mol. The molecule has 0 aliphatic heterocycles. The third-order valence-electron chi connectivity index (χ3n) is 5.98. The number of benzene rings is 1. The van der Waals surface area contributed by atoms with E-state index in [2.05, 4.69) is 41.7 Å². The predicted molar refractivity (Wildman–Crippen MR) is 165 cm³/mol. The zero-order valence-corrected chi connectivity index (χ0v) is 26.4. The molecule has 2 amide bonds. The summed E-state index contributed by atoms with van der Waals surface area (Å²) in [6, 6.07) is 4.76. The Kier molecular flexibility index (Phi) is 15.1. The number of aryl methyl sites for hydroxylation is 1. The van der Waals surface area contributed by atoms with Gasteiger partial charge in [0.25, 0.3) is 5.91 Å². The van der Waals surface area contributed by atoms with Crippen LogP contribution < -0.4 is 16.0 Å². The Morgan fingerprint density at radius 3 is 2.11 bits per heavy atom. The van der Waals surface area contributed by atoms with Crippen LogP contribution in [0, 0.1) is 22.5 Å². The number of aromatic nitrogens is 1. The third-order valence-corrected chi connectivity index (χ3v) is 7.00. The normalized spacial score (nSPS) is 12.0. The fourth-order valence-electron chi connectivity index (χ4n) is 3.63. The van der Waals surface area contributed by atoms with Gasteiger partial charge in [-0.2, -0.15) is 0 Å². The minimum atomic E-state index is -0.903. The number of amides is 2. The Morgan fingerprint density at radius 2 is 1.59 bits per heavy atom. The lowest BCUT2D eigenvalue weighted by atomic mass is 9.87. The molecule has 4 N–H and O–H groups in total. The number of carboxylic acids is 1. The molecular weight excluding hydrogens is 598 g/mol. The fraction of sp³-hybridized carbons (Fsp3) is 0.571. The predicted octanol–water partition coefficient (Wildman–Crippen LogP) is 3.94. The van der Waals surface area contributed by atoms with Crippen molar-refractivity contribution in [1.82, 2.24) is 4.98 Å². The van der Waals surface area contributed by atoms with E-state index >= 15 is 0 Å². The smallest absolute Gasteiger partial charge is 0.348 e. The molecule has 2 rings (SSSR count). The highest BCUT2D eigenvalue weighted by molar-refractivity contribution is 7.19. The first-order chi connectivity index (χ1) is 20.8. The zero-order chi connectivity index (χ0) is 32.7. The van der Waals surface area contributed by atoms with Crippen molar-refractivity contribution < 1.29 is 43.4 Å². The summed E-state index contributed by atoms with van der Waals surface area (Å²) in [7, 11) is 0. The van der Waals surface area contributed by atoms with Crippen LogP contribution >= 0.6 is 11.3 Å². The van der Waals surface area contributed by atoms with Crippen molar-refractivity contribution in [3.05, 3.63) is 39.6 Å². The van der Waals surface area contributed by atoms with Crippen molar-refractivity contribution in [2.75, 3.05) is 68.8 Å². The monoisotopic (exact) mass is 639 g/mol. The van der Waals surface area contributed by atoms with Crippen molar-refractivity contribution >= 4 is 50.6 Å². The molecule has 2 aromatic rings. The lowest BCUT2D eigenvalue weighted by molar-refractivity contribution is -0.380. The highest BCUT2D eigenvalue weighted by Gasteiger charge is 2.26. The van der Waals surface area contributed by atoms with Crippen LogP contribution in [0.3, 0.4) is 0 Å². The van der Waals surface area contributed by atoms with Gasteiger partial charge in [-0.15, -0.1) is 0 Å². The number of hydrogen-bond acceptors (Lipinski definition) is 12. The molecule has 0 radical (unpaired) electrons. The van der Waals surface area contributed by atoms with Crippen LogP contribution in [-0.4, -0.2) is 91.7 Å². The van der Waals surface area contributed by atoms with Crippen molar-refractivity contribution in [3.63, 3.8) is 0 Å². The molecule has 0 bridgehead atoms. The van der Waals surface area contributed by atoms with Gasteiger partial charge in [-0.3, -0.25) is 29.8 Å². The maximum absolute atomic E-state index is 13.0. The first-order valence-electron chi connectivity index (χ1n) is 13.9. The van der Waals surface area contributed by atoms with E-state index < -0.39 is 16.8 Å². The molecule has 1 aromatic carbocycles. The summed E-state index contributed by atoms with van der Waals surface area (Å²) in [5.74, 6) is -1.85. The second-order valence-corrected chi connectivity index (χ2v) is 11.7. The van der Waals surface area contributed by atoms with Gasteiger partial charge in [0.2, 0.25) is 5.91 Å². The van der Waals surface area contributed by atoms with Crippen molar-refractivity contribution in [3.8, 4) is 0 Å². The van der Waals surface area contributed by atoms with E-state index in [1.165, 1.54) is 13.8 Å². The van der Waals surface area contributed by atoms with Crippen LogP contribution in [0.4, 0.5) is 21.5 Å². The molecule has 0 spiro atoms. The van der Waals surface area contributed by atoms with Gasteiger partial charge >= 0.3 is 11.0 Å². The molecule has 16 heteroatoms. The molecule has 244 valence electrons. The standard InChI is InChI=1S/C28H41N5O10S/c1-18-26(33(38)39)44-27(29-18)32-25(37)21-7-6-20(16-22(21)30-19(2)34)31-23(28(3,4)5)17-43-15-14-42-13-12-41-11-10-40-9-8-24(35)36/h6-7,16,23,31H,8-15,17H2,1-5H3,(H,30,34)(H,35,36)(H,29,32,37). The van der Waals surface area contributed by atoms with Crippen LogP contribution in [0.25, 0.3) is 0 Å². The van der Waals surface area contributed by atoms with E-state index in [9.17, 15) is 24.5 Å². The van der Waals surface area contributed by atoms with E-state index in [4.69, 9.17) is 24.1 Å². The van der Waals surface area contributed by atoms with E-state index in [-0.39, 0.29) is 57.5 Å². The number of carboxylic acid groups (broad SMARTS) is 1. The van der Waals surface area contributed by atoms with Crippen molar-refractivity contribution in [1.29, 1.82) is 0 Å². The highest BCUT2D eigenvalue weighted by atomic mass is 32.1. The van der Waals surface area contributed by atoms with Gasteiger partial charge in [0.15, 0.2) is 5.13 Å². The van der Waals surface area contributed by atoms with Gasteiger partial charge < -0.3 is 34.7 Å². The number of aliphatic carboxylic acids is 1. The number of carbonyl (C=O) groups is 3. The Hall–Kier alpha value is -3.70. The maximum Gasteiger partial charge on any atom is 0.348 e. The molecule has 0 fully saturated rings. The van der Waals surface area contributed by atoms with Gasteiger partial charge in [0.05, 0.1) is 81.5 Å². The number of ether oxygens (including phenoxy) is 4. The minimum Gasteiger partial charge on any atom is -0.481 e. The van der Waals surface area contributed by atoms with E-state index in [1.54, 1.807) is 18.2 Å². The lowest BCUT2D eigenvalue weighted by Gasteiger charge is -2.32. The summed E-state index contributed by atoms with van der Waals surface area (Å²) in [6.07, 6.45) is -0.0383. The average Bonchev–Trinajstić information content (AvgIpc) is 3.29. The Labute approximate surface area is 259 Å². The molecular formula is C28H41N5O10S. The Bertz CT molecular complexity index is 1260. The summed E-state index contributed by atoms with van der Waals surface area (Å²) >= 11 is 0.754. The van der Waals surface area contributed by atoms with Gasteiger partial charge in [-0.25, -0.2) is 4.98 Å². The number of nitro groups is 1. The van der Waals surface area contributed by atoms with E-state index in [1.807, 2.05) is 0 Å². The van der Waals surface area contributed by atoms with Crippen molar-refractivity contribution in [2.24, 2.45) is 5.41 Å². The van der Waals surface area contributed by atoms with Crippen LogP contribution in [0.1, 0.15) is 50.2 Å². The minimum absolute atomic E-state index is 0.0383. The molecule has 0 saturated carbocycles. The van der Waals surface area contributed by atoms with Crippen molar-refractivity contribution in [2.45, 2.75) is 47.1 Å². The van der Waals surface area contributed by atoms with Crippen LogP contribution in [0.5, 0.6) is 0 Å². The number of nitrogens with zero attached hydrogens (tertiary/aromatic N) is 2. The van der Waals surface area contributed by atoms with E-state index in [0.29, 0.717) is 51.9 Å². The SMILES string of the molecule is CC(=O)Nc1cc(NC(COCCOCCOCCOCCC(=O)O)C(C)(C)C)ccc1C(=O)Nc1nc(C)c([N+](=O)[O-])s1. The Balaban J connectivity index is 1.88. The maximum atomic E-state index is 13.0. The summed E-state index contributed by atoms with van der Waals surface area (Å²) in [6.45, 7) is 11.6. The second-order valence-electron chi connectivity index (χ2n) is 10.7. The number of nitrogens with one attached hydrogen (secondary N) is 3. The van der Waals surface area contributed by atoms with Gasteiger partial charge in [0.1, 0.15) is 5.69 Å². The molecule has 0 saturated heterocycles. The molecule has 1 atom stereocenters. The molecule has 44 heavy (non-hydrogen) atoms. The highest BCUT2D eigenvalue weighted by Crippen LogP contribution is 2.31. The molecule has 1 unspecified atom stereocenters. The largest absolute Gasteiger partial charge is 0.481 e. The van der Waals surface area contributed by atoms with Crippen LogP contribution in [0.15, 0.2) is 18.2 Å². The zero-order valence-electron chi connectivity index (χ0n) is 25.6. The lowest BCUT2D eigenvalue weighted by Crippen LogP contribution is -2.38. The number of carbonyl (C=O) groups excluding carboxylic acids is 2. The molecule has 0 aliphatic rings. The van der Waals surface area contributed by atoms with Crippen LogP contribution in [-0.2, 0) is 28.5 Å².